The highest BCUT2D eigenvalue weighted by Crippen LogP contribution is 2.46. The molecule has 44 heavy (non-hydrogen) atoms. The second-order valence-corrected chi connectivity index (χ2v) is 10.9. The molecule has 0 unspecified atom stereocenters. The van der Waals surface area contributed by atoms with Crippen molar-refractivity contribution < 1.29 is 84.8 Å². The molecule has 0 radical (unpaired) electrons. The van der Waals surface area contributed by atoms with Crippen molar-refractivity contribution in [3.8, 4) is 0 Å². The van der Waals surface area contributed by atoms with Crippen LogP contribution in [0, 0.1) is 10.1 Å². The molecule has 3 aliphatic rings. The van der Waals surface area contributed by atoms with Crippen LogP contribution in [0.5, 0.6) is 0 Å². The molecule has 3 aliphatic heterocycles. The van der Waals surface area contributed by atoms with E-state index in [9.17, 15) is 66.3 Å². The number of ether oxygens (including phenoxy) is 5. The third-order valence-electron chi connectivity index (χ3n) is 7.75. The Morgan fingerprint density at radius 1 is 0.795 bits per heavy atom. The first-order chi connectivity index (χ1) is 20.7. The Labute approximate surface area is 252 Å². The number of rotatable bonds is 9. The van der Waals surface area contributed by atoms with Gasteiger partial charge in [0, 0.05) is 17.7 Å². The molecule has 0 spiro atoms. The van der Waals surface area contributed by atoms with Gasteiger partial charge in [0.1, 0.15) is 73.2 Å². The van der Waals surface area contributed by atoms with Gasteiger partial charge in [-0.1, -0.05) is 11.6 Å². The minimum atomic E-state index is -2.78. The van der Waals surface area contributed by atoms with Crippen molar-refractivity contribution in [3.63, 3.8) is 0 Å². The van der Waals surface area contributed by atoms with Crippen LogP contribution in [0.4, 0.5) is 5.69 Å². The third kappa shape index (κ3) is 6.30. The fourth-order valence-electron chi connectivity index (χ4n) is 5.33. The van der Waals surface area contributed by atoms with Crippen LogP contribution in [0.1, 0.15) is 5.56 Å². The van der Waals surface area contributed by atoms with E-state index >= 15 is 0 Å². The molecule has 3 saturated heterocycles. The van der Waals surface area contributed by atoms with Gasteiger partial charge in [-0.2, -0.15) is 0 Å². The Morgan fingerprint density at radius 3 is 2.00 bits per heavy atom. The molecule has 3 heterocycles. The zero-order valence-corrected chi connectivity index (χ0v) is 23.3. The molecule has 1 aromatic rings. The first-order valence-electron chi connectivity index (χ1n) is 13.3. The molecular weight excluding hydrogens is 626 g/mol. The van der Waals surface area contributed by atoms with Crippen molar-refractivity contribution >= 4 is 17.3 Å². The molecule has 3 fully saturated rings. The van der Waals surface area contributed by atoms with E-state index in [1.807, 2.05) is 0 Å². The number of hydrogen-bond acceptors (Lipinski definition) is 18. The van der Waals surface area contributed by atoms with E-state index in [0.717, 1.165) is 18.2 Å². The summed E-state index contributed by atoms with van der Waals surface area (Å²) in [4.78, 5) is 10.5. The Hall–Kier alpha value is -1.73. The Morgan fingerprint density at radius 2 is 1.43 bits per heavy atom. The molecule has 0 aromatic heterocycles. The van der Waals surface area contributed by atoms with Crippen molar-refractivity contribution in [1.82, 2.24) is 0 Å². The average molecular weight is 660 g/mol. The SMILES string of the molecule is O=[N+]([O-])c1ccc([C@@]2(O[C@H]3[C@H](O)[C@@H](O)[C@H](O)O[C@@H]3CO)O[C@H](CO)[C@@H](O[C@@H]3O[C@H](CO)[C@@H](O)[C@H](O)[C@H]3O)[C@H](O)[C@H]2O)c(Cl)c1. The molecule has 0 aliphatic carbocycles. The highest BCUT2D eigenvalue weighted by molar-refractivity contribution is 6.31. The third-order valence-corrected chi connectivity index (χ3v) is 8.06. The monoisotopic (exact) mass is 659 g/mol. The van der Waals surface area contributed by atoms with Gasteiger partial charge in [0.15, 0.2) is 12.6 Å². The van der Waals surface area contributed by atoms with Crippen LogP contribution in [0.25, 0.3) is 0 Å². The lowest BCUT2D eigenvalue weighted by Crippen LogP contribution is -2.70. The van der Waals surface area contributed by atoms with Gasteiger partial charge in [-0.25, -0.2) is 0 Å². The van der Waals surface area contributed by atoms with E-state index in [-0.39, 0.29) is 0 Å². The molecule has 0 bridgehead atoms. The summed E-state index contributed by atoms with van der Waals surface area (Å²) in [6.45, 7) is -2.79. The molecule has 20 heteroatoms. The van der Waals surface area contributed by atoms with Gasteiger partial charge in [-0.15, -0.1) is 0 Å². The maximum absolute atomic E-state index is 11.5. The van der Waals surface area contributed by atoms with Crippen LogP contribution >= 0.6 is 11.6 Å². The molecule has 0 amide bonds. The molecule has 4 rings (SSSR count). The Balaban J connectivity index is 1.76. The van der Waals surface area contributed by atoms with Gasteiger partial charge in [0.2, 0.25) is 5.79 Å². The first-order valence-corrected chi connectivity index (χ1v) is 13.6. The van der Waals surface area contributed by atoms with Crippen molar-refractivity contribution in [2.75, 3.05) is 19.8 Å². The van der Waals surface area contributed by atoms with Gasteiger partial charge in [-0.3, -0.25) is 10.1 Å². The molecule has 250 valence electrons. The summed E-state index contributed by atoms with van der Waals surface area (Å²) in [5.41, 5.74) is -0.930. The summed E-state index contributed by atoms with van der Waals surface area (Å²) >= 11 is 6.34. The zero-order chi connectivity index (χ0) is 32.7. The highest BCUT2D eigenvalue weighted by Gasteiger charge is 2.61. The van der Waals surface area contributed by atoms with Crippen LogP contribution in [-0.2, 0) is 29.5 Å². The number of benzene rings is 1. The van der Waals surface area contributed by atoms with Crippen molar-refractivity contribution in [2.24, 2.45) is 0 Å². The van der Waals surface area contributed by atoms with Gasteiger partial charge < -0.3 is 79.9 Å². The predicted octanol–water partition coefficient (Wildman–Crippen LogP) is -5.48. The number of aliphatic hydroxyl groups is 11. The first kappa shape index (κ1) is 35.1. The largest absolute Gasteiger partial charge is 0.394 e. The molecule has 15 atom stereocenters. The second-order valence-electron chi connectivity index (χ2n) is 10.5. The molecule has 11 N–H and O–H groups in total. The van der Waals surface area contributed by atoms with Gasteiger partial charge >= 0.3 is 0 Å². The normalized spacial score (nSPS) is 44.8. The summed E-state index contributed by atoms with van der Waals surface area (Å²) in [5, 5.41) is 125. The van der Waals surface area contributed by atoms with Crippen molar-refractivity contribution in [3.05, 3.63) is 38.9 Å². The van der Waals surface area contributed by atoms with E-state index in [2.05, 4.69) is 0 Å². The number of nitro groups is 1. The quantitative estimate of drug-likeness (QED) is 0.0869. The smallest absolute Gasteiger partial charge is 0.270 e. The Kier molecular flexibility index (Phi) is 11.1. The van der Waals surface area contributed by atoms with E-state index in [1.165, 1.54) is 0 Å². The molecule has 19 nitrogen and oxygen atoms in total. The summed E-state index contributed by atoms with van der Waals surface area (Å²) < 4.78 is 27.8. The number of nitro benzene ring substituents is 1. The minimum Gasteiger partial charge on any atom is -0.394 e. The summed E-state index contributed by atoms with van der Waals surface area (Å²) in [6.07, 6.45) is -26.5. The lowest BCUT2D eigenvalue weighted by atomic mass is 9.86. The van der Waals surface area contributed by atoms with Crippen LogP contribution in [0.15, 0.2) is 18.2 Å². The van der Waals surface area contributed by atoms with E-state index in [0.29, 0.717) is 0 Å². The lowest BCUT2D eigenvalue weighted by Gasteiger charge is -2.53. The summed E-state index contributed by atoms with van der Waals surface area (Å²) in [5.74, 6) is -2.78. The summed E-state index contributed by atoms with van der Waals surface area (Å²) in [7, 11) is 0. The Bertz CT molecular complexity index is 1140. The van der Waals surface area contributed by atoms with Crippen LogP contribution in [0.2, 0.25) is 5.02 Å². The topological polar surface area (TPSA) is 312 Å². The number of halogens is 1. The van der Waals surface area contributed by atoms with Crippen LogP contribution in [0.3, 0.4) is 0 Å². The fourth-order valence-corrected chi connectivity index (χ4v) is 5.64. The highest BCUT2D eigenvalue weighted by atomic mass is 35.5. The zero-order valence-electron chi connectivity index (χ0n) is 22.5. The van der Waals surface area contributed by atoms with Gasteiger partial charge in [-0.05, 0) is 6.07 Å². The van der Waals surface area contributed by atoms with E-state index < -0.39 is 133 Å². The maximum atomic E-state index is 11.5. The number of hydrogen-bond donors (Lipinski definition) is 11. The van der Waals surface area contributed by atoms with Crippen molar-refractivity contribution in [1.29, 1.82) is 0 Å². The van der Waals surface area contributed by atoms with Crippen LogP contribution in [-0.4, -0.2) is 167 Å². The van der Waals surface area contributed by atoms with Gasteiger partial charge in [0.25, 0.3) is 5.69 Å². The standard InChI is InChI=1S/C24H34ClNO18/c25-9-3-7(26(38)39)1-2-8(9)24(44-20-11(5-28)40-22(37)16(33)15(20)32)21(36)18(35)19(12(6-29)43-24)42-23-17(34)14(31)13(30)10(4-27)41-23/h1-3,10-23,27-37H,4-6H2/t10-,11-,12-,13-,14+,15-,16-,17-,18+,19-,20-,21-,22-,23+,24+/m1/s1. The van der Waals surface area contributed by atoms with E-state index in [4.69, 9.17) is 35.3 Å². The summed E-state index contributed by atoms with van der Waals surface area (Å²) in [6, 6.07) is 2.74. The fraction of sp³-hybridized carbons (Fsp3) is 0.750. The minimum absolute atomic E-state index is 0.412. The van der Waals surface area contributed by atoms with Gasteiger partial charge in [0.05, 0.1) is 29.8 Å². The number of aliphatic hydroxyl groups excluding tert-OH is 11. The van der Waals surface area contributed by atoms with E-state index in [1.54, 1.807) is 0 Å². The maximum Gasteiger partial charge on any atom is 0.270 e. The number of non-ortho nitro benzene ring substituents is 1. The molecule has 1 aromatic carbocycles. The molecular formula is C24H34ClNO18. The van der Waals surface area contributed by atoms with Crippen molar-refractivity contribution in [2.45, 2.75) is 91.6 Å². The number of nitrogens with zero attached hydrogens (tertiary/aromatic N) is 1. The second kappa shape index (κ2) is 13.9. The predicted molar refractivity (Wildman–Crippen MR) is 137 cm³/mol. The lowest BCUT2D eigenvalue weighted by molar-refractivity contribution is -0.423. The average Bonchev–Trinajstić information content (AvgIpc) is 3.00. The van der Waals surface area contributed by atoms with Crippen LogP contribution < -0.4 is 0 Å². The molecule has 0 saturated carbocycles.